The second kappa shape index (κ2) is 6.11. The van der Waals surface area contributed by atoms with Crippen LogP contribution in [0.15, 0.2) is 39.2 Å². The van der Waals surface area contributed by atoms with E-state index in [-0.39, 0.29) is 5.56 Å². The lowest BCUT2D eigenvalue weighted by Crippen LogP contribution is -2.39. The molecule has 3 rings (SSSR count). The van der Waals surface area contributed by atoms with Gasteiger partial charge in [-0.05, 0) is 13.0 Å². The second-order valence-corrected chi connectivity index (χ2v) is 5.21. The summed E-state index contributed by atoms with van der Waals surface area (Å²) in [5.74, 6) is 0.367. The molecule has 0 saturated heterocycles. The maximum Gasteiger partial charge on any atom is 0.332 e. The van der Waals surface area contributed by atoms with Crippen molar-refractivity contribution >= 4 is 23.3 Å². The normalized spacial score (nSPS) is 11.5. The predicted molar refractivity (Wildman–Crippen MR) is 91.3 cm³/mol. The molecule has 1 N–H and O–H groups in total. The van der Waals surface area contributed by atoms with E-state index in [2.05, 4.69) is 20.5 Å². The molecule has 3 aromatic heterocycles. The zero-order valence-corrected chi connectivity index (χ0v) is 13.6. The van der Waals surface area contributed by atoms with Gasteiger partial charge in [-0.15, -0.1) is 0 Å². The molecular weight excluding hydrogens is 310 g/mol. The number of anilines is 1. The summed E-state index contributed by atoms with van der Waals surface area (Å²) in [5.41, 5.74) is 3.52. The molecule has 0 aliphatic carbocycles. The lowest BCUT2D eigenvalue weighted by Gasteiger charge is -2.05. The lowest BCUT2D eigenvalue weighted by atomic mass is 10.3. The average molecular weight is 327 g/mol. The third kappa shape index (κ3) is 2.49. The fourth-order valence-corrected chi connectivity index (χ4v) is 2.44. The third-order valence-electron chi connectivity index (χ3n) is 3.74. The first-order valence-electron chi connectivity index (χ1n) is 7.40. The van der Waals surface area contributed by atoms with Crippen molar-refractivity contribution in [3.8, 4) is 0 Å². The van der Waals surface area contributed by atoms with Crippen molar-refractivity contribution in [2.45, 2.75) is 13.5 Å². The number of hydrogen-bond donors (Lipinski definition) is 1. The van der Waals surface area contributed by atoms with Gasteiger partial charge < -0.3 is 4.57 Å². The fourth-order valence-electron chi connectivity index (χ4n) is 2.44. The number of rotatable bonds is 4. The van der Waals surface area contributed by atoms with E-state index in [1.165, 1.54) is 9.13 Å². The van der Waals surface area contributed by atoms with Crippen LogP contribution in [0.25, 0.3) is 11.2 Å². The number of aromatic nitrogens is 5. The Morgan fingerprint density at radius 3 is 2.75 bits per heavy atom. The number of hydrazone groups is 1. The van der Waals surface area contributed by atoms with Crippen LogP contribution in [0.5, 0.6) is 0 Å². The van der Waals surface area contributed by atoms with E-state index in [0.29, 0.717) is 23.7 Å². The van der Waals surface area contributed by atoms with Gasteiger partial charge in [0.1, 0.15) is 0 Å². The molecule has 3 heterocycles. The van der Waals surface area contributed by atoms with Crippen molar-refractivity contribution in [3.63, 3.8) is 0 Å². The SMILES string of the molecule is CCn1c(=O)c2c(nc(N/N=C/c3cccnc3)n2C)n(C)c1=O. The Labute approximate surface area is 136 Å². The predicted octanol–water partition coefficient (Wildman–Crippen LogP) is 0.295. The minimum absolute atomic E-state index is 0.300. The van der Waals surface area contributed by atoms with Crippen LogP contribution in [-0.4, -0.2) is 29.9 Å². The van der Waals surface area contributed by atoms with E-state index in [4.69, 9.17) is 0 Å². The Kier molecular flexibility index (Phi) is 3.98. The molecule has 0 aromatic carbocycles. The van der Waals surface area contributed by atoms with Crippen LogP contribution in [0.2, 0.25) is 0 Å². The summed E-state index contributed by atoms with van der Waals surface area (Å²) in [6.45, 7) is 2.05. The summed E-state index contributed by atoms with van der Waals surface area (Å²) in [6, 6.07) is 3.66. The Hall–Kier alpha value is -3.23. The summed E-state index contributed by atoms with van der Waals surface area (Å²) >= 11 is 0. The molecule has 0 aliphatic rings. The number of hydrogen-bond acceptors (Lipinski definition) is 6. The van der Waals surface area contributed by atoms with E-state index >= 15 is 0 Å². The molecule has 124 valence electrons. The van der Waals surface area contributed by atoms with Crippen LogP contribution in [0, 0.1) is 0 Å². The quantitative estimate of drug-likeness (QED) is 0.549. The standard InChI is InChI=1S/C15H17N7O2/c1-4-22-13(23)11-12(21(3)15(22)24)18-14(20(11)2)19-17-9-10-6-5-7-16-8-10/h5-9H,4H2,1-3H3,(H,18,19)/b17-9+. The molecule has 0 atom stereocenters. The minimum Gasteiger partial charge on any atom is -0.306 e. The largest absolute Gasteiger partial charge is 0.332 e. The van der Waals surface area contributed by atoms with Gasteiger partial charge in [0.25, 0.3) is 5.56 Å². The van der Waals surface area contributed by atoms with Crippen LogP contribution in [0.1, 0.15) is 12.5 Å². The van der Waals surface area contributed by atoms with Gasteiger partial charge in [0, 0.05) is 38.6 Å². The Morgan fingerprint density at radius 1 is 1.29 bits per heavy atom. The number of pyridine rings is 1. The lowest BCUT2D eigenvalue weighted by molar-refractivity contribution is 0.635. The van der Waals surface area contributed by atoms with Gasteiger partial charge in [0.2, 0.25) is 5.95 Å². The molecule has 0 amide bonds. The number of fused-ring (bicyclic) bond motifs is 1. The molecule has 9 heteroatoms. The van der Waals surface area contributed by atoms with Crippen molar-refractivity contribution in [1.29, 1.82) is 0 Å². The van der Waals surface area contributed by atoms with Gasteiger partial charge in [-0.1, -0.05) is 6.07 Å². The Bertz CT molecular complexity index is 1030. The maximum atomic E-state index is 12.5. The number of imidazole rings is 1. The highest BCUT2D eigenvalue weighted by Gasteiger charge is 2.17. The van der Waals surface area contributed by atoms with Crippen molar-refractivity contribution < 1.29 is 0 Å². The van der Waals surface area contributed by atoms with Crippen LogP contribution in [-0.2, 0) is 20.6 Å². The average Bonchev–Trinajstić information content (AvgIpc) is 2.92. The Balaban J connectivity index is 2.05. The van der Waals surface area contributed by atoms with Crippen molar-refractivity contribution in [2.75, 3.05) is 5.43 Å². The van der Waals surface area contributed by atoms with Gasteiger partial charge in [-0.25, -0.2) is 10.2 Å². The summed E-state index contributed by atoms with van der Waals surface area (Å²) in [5, 5.41) is 4.10. The van der Waals surface area contributed by atoms with Crippen LogP contribution < -0.4 is 16.7 Å². The first kappa shape index (κ1) is 15.7. The highest BCUT2D eigenvalue weighted by atomic mass is 16.2. The molecule has 0 bridgehead atoms. The summed E-state index contributed by atoms with van der Waals surface area (Å²) < 4.78 is 4.12. The van der Waals surface area contributed by atoms with Crippen molar-refractivity contribution in [2.24, 2.45) is 19.2 Å². The van der Waals surface area contributed by atoms with E-state index < -0.39 is 5.69 Å². The van der Waals surface area contributed by atoms with Crippen LogP contribution >= 0.6 is 0 Å². The summed E-state index contributed by atoms with van der Waals surface area (Å²) in [7, 11) is 3.29. The summed E-state index contributed by atoms with van der Waals surface area (Å²) in [6.07, 6.45) is 4.94. The molecule has 24 heavy (non-hydrogen) atoms. The zero-order chi connectivity index (χ0) is 17.3. The number of nitrogens with one attached hydrogen (secondary N) is 1. The van der Waals surface area contributed by atoms with Gasteiger partial charge in [0.15, 0.2) is 11.2 Å². The smallest absolute Gasteiger partial charge is 0.306 e. The topological polar surface area (TPSA) is 99.1 Å². The molecule has 0 spiro atoms. The molecule has 9 nitrogen and oxygen atoms in total. The molecule has 0 fully saturated rings. The number of nitrogens with zero attached hydrogens (tertiary/aromatic N) is 6. The Morgan fingerprint density at radius 2 is 2.08 bits per heavy atom. The third-order valence-corrected chi connectivity index (χ3v) is 3.74. The first-order valence-corrected chi connectivity index (χ1v) is 7.40. The molecule has 0 saturated carbocycles. The molecule has 0 aliphatic heterocycles. The van der Waals surface area contributed by atoms with Crippen LogP contribution in [0.3, 0.4) is 0 Å². The van der Waals surface area contributed by atoms with Crippen molar-refractivity contribution in [1.82, 2.24) is 23.7 Å². The van der Waals surface area contributed by atoms with E-state index in [1.807, 2.05) is 6.07 Å². The highest BCUT2D eigenvalue weighted by Crippen LogP contribution is 2.13. The molecule has 0 unspecified atom stereocenters. The molecular formula is C15H17N7O2. The number of aryl methyl sites for hydroxylation is 2. The van der Waals surface area contributed by atoms with Gasteiger partial charge in [-0.2, -0.15) is 10.1 Å². The maximum absolute atomic E-state index is 12.5. The van der Waals surface area contributed by atoms with Gasteiger partial charge in [0.05, 0.1) is 6.21 Å². The van der Waals surface area contributed by atoms with Gasteiger partial charge >= 0.3 is 5.69 Å². The van der Waals surface area contributed by atoms with E-state index in [1.54, 1.807) is 50.3 Å². The first-order chi connectivity index (χ1) is 11.5. The molecule has 0 radical (unpaired) electrons. The monoisotopic (exact) mass is 327 g/mol. The van der Waals surface area contributed by atoms with Crippen LogP contribution in [0.4, 0.5) is 5.95 Å². The fraction of sp³-hybridized carbons (Fsp3) is 0.267. The van der Waals surface area contributed by atoms with Crippen molar-refractivity contribution in [3.05, 3.63) is 50.9 Å². The molecule has 3 aromatic rings. The highest BCUT2D eigenvalue weighted by molar-refractivity contribution is 5.80. The van der Waals surface area contributed by atoms with Gasteiger partial charge in [-0.3, -0.25) is 18.9 Å². The van der Waals surface area contributed by atoms with E-state index in [9.17, 15) is 9.59 Å². The minimum atomic E-state index is -0.390. The summed E-state index contributed by atoms with van der Waals surface area (Å²) in [4.78, 5) is 33.0. The second-order valence-electron chi connectivity index (χ2n) is 5.21. The van der Waals surface area contributed by atoms with E-state index in [0.717, 1.165) is 5.56 Å². The zero-order valence-electron chi connectivity index (χ0n) is 13.6.